The highest BCUT2D eigenvalue weighted by Gasteiger charge is 2.14. The van der Waals surface area contributed by atoms with E-state index < -0.39 is 23.6 Å². The average molecular weight is 339 g/mol. The van der Waals surface area contributed by atoms with Gasteiger partial charge in [0.25, 0.3) is 5.91 Å². The molecule has 1 heterocycles. The van der Waals surface area contributed by atoms with Crippen LogP contribution in [-0.2, 0) is 0 Å². The van der Waals surface area contributed by atoms with Gasteiger partial charge < -0.3 is 15.2 Å². The largest absolute Gasteiger partial charge is 0.491 e. The lowest BCUT2D eigenvalue weighted by atomic mass is 10.1. The van der Waals surface area contributed by atoms with E-state index in [0.717, 1.165) is 17.8 Å². The summed E-state index contributed by atoms with van der Waals surface area (Å²) in [6, 6.07) is 4.71. The van der Waals surface area contributed by atoms with Crippen LogP contribution in [0.1, 0.15) is 35.9 Å². The standard InChI is InChI=1S/C16H19F2N3O3/c1-9(2)14-6-15(21-20-14)16(23)19-7-10(22)8-24-11-3-4-12(17)13(18)5-11/h3-6,9-10,22H,7-8H2,1-2H3,(H,19,23)(H,20,21). The number of aliphatic hydroxyl groups excluding tert-OH is 1. The molecule has 1 amide bonds. The lowest BCUT2D eigenvalue weighted by Gasteiger charge is -2.13. The summed E-state index contributed by atoms with van der Waals surface area (Å²) in [6.45, 7) is 3.69. The minimum atomic E-state index is -1.03. The van der Waals surface area contributed by atoms with E-state index in [9.17, 15) is 18.7 Å². The van der Waals surface area contributed by atoms with E-state index in [1.165, 1.54) is 6.07 Å². The predicted octanol–water partition coefficient (Wildman–Crippen LogP) is 1.98. The minimum absolute atomic E-state index is 0.0631. The molecule has 8 heteroatoms. The first-order valence-corrected chi connectivity index (χ1v) is 7.46. The number of aromatic amines is 1. The molecular weight excluding hydrogens is 320 g/mol. The van der Waals surface area contributed by atoms with Crippen LogP contribution in [0.15, 0.2) is 24.3 Å². The number of halogens is 2. The smallest absolute Gasteiger partial charge is 0.271 e. The highest BCUT2D eigenvalue weighted by Crippen LogP contribution is 2.15. The van der Waals surface area contributed by atoms with Gasteiger partial charge in [0, 0.05) is 18.3 Å². The molecule has 1 atom stereocenters. The van der Waals surface area contributed by atoms with Gasteiger partial charge in [-0.1, -0.05) is 13.8 Å². The number of hydrogen-bond donors (Lipinski definition) is 3. The van der Waals surface area contributed by atoms with E-state index >= 15 is 0 Å². The van der Waals surface area contributed by atoms with Crippen LogP contribution in [0, 0.1) is 11.6 Å². The second kappa shape index (κ2) is 7.87. The molecule has 0 saturated carbocycles. The fourth-order valence-corrected chi connectivity index (χ4v) is 1.87. The molecule has 0 radical (unpaired) electrons. The number of aliphatic hydroxyl groups is 1. The summed E-state index contributed by atoms with van der Waals surface area (Å²) >= 11 is 0. The Labute approximate surface area is 137 Å². The lowest BCUT2D eigenvalue weighted by molar-refractivity contribution is 0.0839. The molecule has 0 bridgehead atoms. The normalized spacial score (nSPS) is 12.2. The molecule has 2 rings (SSSR count). The first kappa shape index (κ1) is 17.9. The molecular formula is C16H19F2N3O3. The topological polar surface area (TPSA) is 87.2 Å². The summed E-state index contributed by atoms with van der Waals surface area (Å²) in [5.41, 5.74) is 1.06. The molecule has 24 heavy (non-hydrogen) atoms. The van der Waals surface area contributed by atoms with Gasteiger partial charge in [-0.2, -0.15) is 5.10 Å². The third-order valence-corrected chi connectivity index (χ3v) is 3.28. The average Bonchev–Trinajstić information content (AvgIpc) is 3.04. The highest BCUT2D eigenvalue weighted by atomic mass is 19.2. The summed E-state index contributed by atoms with van der Waals surface area (Å²) < 4.78 is 31.0. The van der Waals surface area contributed by atoms with Crippen molar-refractivity contribution >= 4 is 5.91 Å². The van der Waals surface area contributed by atoms with Crippen molar-refractivity contribution in [3.8, 4) is 5.75 Å². The maximum atomic E-state index is 13.0. The number of carbonyl (C=O) groups is 1. The summed E-state index contributed by atoms with van der Waals surface area (Å²) in [4.78, 5) is 11.9. The van der Waals surface area contributed by atoms with Crippen molar-refractivity contribution in [2.45, 2.75) is 25.9 Å². The number of nitrogens with one attached hydrogen (secondary N) is 2. The number of amides is 1. The number of nitrogens with zero attached hydrogens (tertiary/aromatic N) is 1. The fraction of sp³-hybridized carbons (Fsp3) is 0.375. The van der Waals surface area contributed by atoms with Gasteiger partial charge in [-0.25, -0.2) is 8.78 Å². The van der Waals surface area contributed by atoms with Crippen molar-refractivity contribution in [1.29, 1.82) is 0 Å². The number of benzene rings is 1. The Morgan fingerprint density at radius 3 is 2.71 bits per heavy atom. The summed E-state index contributed by atoms with van der Waals surface area (Å²) in [5.74, 6) is -2.13. The molecule has 0 aliphatic heterocycles. The SMILES string of the molecule is CC(C)c1cc(C(=O)NCC(O)COc2ccc(F)c(F)c2)n[nH]1. The van der Waals surface area contributed by atoms with Crippen LogP contribution in [0.25, 0.3) is 0 Å². The Hall–Kier alpha value is -2.48. The van der Waals surface area contributed by atoms with Gasteiger partial charge in [-0.05, 0) is 24.1 Å². The summed E-state index contributed by atoms with van der Waals surface area (Å²) in [5, 5.41) is 19.0. The lowest BCUT2D eigenvalue weighted by Crippen LogP contribution is -2.35. The van der Waals surface area contributed by atoms with E-state index in [1.807, 2.05) is 13.8 Å². The molecule has 6 nitrogen and oxygen atoms in total. The van der Waals surface area contributed by atoms with Gasteiger partial charge >= 0.3 is 0 Å². The quantitative estimate of drug-likeness (QED) is 0.720. The molecule has 1 unspecified atom stereocenters. The molecule has 0 saturated heterocycles. The van der Waals surface area contributed by atoms with Crippen molar-refractivity contribution in [3.05, 3.63) is 47.3 Å². The Morgan fingerprint density at radius 1 is 1.33 bits per heavy atom. The van der Waals surface area contributed by atoms with Gasteiger partial charge in [0.2, 0.25) is 0 Å². The zero-order valence-electron chi connectivity index (χ0n) is 13.3. The van der Waals surface area contributed by atoms with Crippen LogP contribution in [-0.4, -0.2) is 40.5 Å². The molecule has 0 fully saturated rings. The maximum Gasteiger partial charge on any atom is 0.271 e. The van der Waals surface area contributed by atoms with Crippen molar-refractivity contribution in [1.82, 2.24) is 15.5 Å². The van der Waals surface area contributed by atoms with Crippen LogP contribution in [0.2, 0.25) is 0 Å². The molecule has 0 spiro atoms. The van der Waals surface area contributed by atoms with E-state index in [1.54, 1.807) is 6.07 Å². The number of H-pyrrole nitrogens is 1. The van der Waals surface area contributed by atoms with Crippen molar-refractivity contribution < 1.29 is 23.4 Å². The monoisotopic (exact) mass is 339 g/mol. The zero-order valence-corrected chi connectivity index (χ0v) is 13.3. The Balaban J connectivity index is 1.78. The predicted molar refractivity (Wildman–Crippen MR) is 82.9 cm³/mol. The van der Waals surface area contributed by atoms with E-state index in [4.69, 9.17) is 4.74 Å². The van der Waals surface area contributed by atoms with Crippen molar-refractivity contribution in [2.75, 3.05) is 13.2 Å². The molecule has 1 aromatic heterocycles. The molecule has 130 valence electrons. The van der Waals surface area contributed by atoms with Crippen LogP contribution in [0.4, 0.5) is 8.78 Å². The van der Waals surface area contributed by atoms with E-state index in [2.05, 4.69) is 15.5 Å². The first-order chi connectivity index (χ1) is 11.4. The second-order valence-electron chi connectivity index (χ2n) is 5.61. The number of rotatable bonds is 7. The van der Waals surface area contributed by atoms with Gasteiger partial charge in [-0.3, -0.25) is 9.89 Å². The number of ether oxygens (including phenoxy) is 1. The molecule has 3 N–H and O–H groups in total. The van der Waals surface area contributed by atoms with E-state index in [0.29, 0.717) is 0 Å². The van der Waals surface area contributed by atoms with Gasteiger partial charge in [0.1, 0.15) is 24.2 Å². The Kier molecular flexibility index (Phi) is 5.86. The highest BCUT2D eigenvalue weighted by molar-refractivity contribution is 5.92. The molecule has 1 aromatic carbocycles. The minimum Gasteiger partial charge on any atom is -0.491 e. The summed E-state index contributed by atoms with van der Waals surface area (Å²) in [6.07, 6.45) is -1.01. The molecule has 0 aliphatic rings. The second-order valence-corrected chi connectivity index (χ2v) is 5.61. The third kappa shape index (κ3) is 4.76. The number of hydrogen-bond acceptors (Lipinski definition) is 4. The van der Waals surface area contributed by atoms with Crippen LogP contribution in [0.3, 0.4) is 0 Å². The number of aromatic nitrogens is 2. The maximum absolute atomic E-state index is 13.0. The Morgan fingerprint density at radius 2 is 2.08 bits per heavy atom. The van der Waals surface area contributed by atoms with Crippen LogP contribution >= 0.6 is 0 Å². The van der Waals surface area contributed by atoms with Gasteiger partial charge in [0.05, 0.1) is 0 Å². The summed E-state index contributed by atoms with van der Waals surface area (Å²) in [7, 11) is 0. The van der Waals surface area contributed by atoms with Gasteiger partial charge in [-0.15, -0.1) is 0 Å². The third-order valence-electron chi connectivity index (χ3n) is 3.28. The Bertz CT molecular complexity index is 704. The van der Waals surface area contributed by atoms with Gasteiger partial charge in [0.15, 0.2) is 11.6 Å². The van der Waals surface area contributed by atoms with Crippen LogP contribution < -0.4 is 10.1 Å². The van der Waals surface area contributed by atoms with Crippen molar-refractivity contribution in [2.24, 2.45) is 0 Å². The molecule has 2 aromatic rings. The van der Waals surface area contributed by atoms with E-state index in [-0.39, 0.29) is 30.5 Å². The zero-order chi connectivity index (χ0) is 17.7. The first-order valence-electron chi connectivity index (χ1n) is 7.46. The fourth-order valence-electron chi connectivity index (χ4n) is 1.87. The van der Waals surface area contributed by atoms with Crippen LogP contribution in [0.5, 0.6) is 5.75 Å². The molecule has 0 aliphatic carbocycles. The number of carbonyl (C=O) groups excluding carboxylic acids is 1. The van der Waals surface area contributed by atoms with Crippen molar-refractivity contribution in [3.63, 3.8) is 0 Å².